The standard InChI is InChI=1S/C22H28O2S/c1-6-7-19-18(10-14(2)3)13-25-22(19)20(23)9-8-17-11-15(4)21(24)16(5)12-17/h8-9,11-14,24H,6-7,10H2,1-5H3/b9-8+. The molecule has 1 aromatic carbocycles. The first kappa shape index (κ1) is 19.5. The van der Waals surface area contributed by atoms with Crippen LogP contribution in [0.1, 0.15) is 64.7 Å². The lowest BCUT2D eigenvalue weighted by Gasteiger charge is -2.07. The number of rotatable bonds is 7. The summed E-state index contributed by atoms with van der Waals surface area (Å²) in [7, 11) is 0. The minimum absolute atomic E-state index is 0.0758. The van der Waals surface area contributed by atoms with Crippen molar-refractivity contribution in [3.05, 3.63) is 56.3 Å². The van der Waals surface area contributed by atoms with Crippen LogP contribution in [0.5, 0.6) is 5.75 Å². The Morgan fingerprint density at radius 2 is 1.88 bits per heavy atom. The molecule has 0 atom stereocenters. The highest BCUT2D eigenvalue weighted by Crippen LogP contribution is 2.28. The van der Waals surface area contributed by atoms with Gasteiger partial charge in [0.25, 0.3) is 0 Å². The fourth-order valence-corrected chi connectivity index (χ4v) is 4.15. The van der Waals surface area contributed by atoms with Crippen LogP contribution in [0.25, 0.3) is 6.08 Å². The Kier molecular flexibility index (Phi) is 6.60. The molecule has 0 aliphatic carbocycles. The zero-order chi connectivity index (χ0) is 18.6. The molecule has 1 N–H and O–H groups in total. The number of phenols is 1. The van der Waals surface area contributed by atoms with E-state index < -0.39 is 0 Å². The van der Waals surface area contributed by atoms with Gasteiger partial charge in [-0.2, -0.15) is 0 Å². The van der Waals surface area contributed by atoms with Gasteiger partial charge >= 0.3 is 0 Å². The largest absolute Gasteiger partial charge is 0.507 e. The molecule has 0 radical (unpaired) electrons. The summed E-state index contributed by atoms with van der Waals surface area (Å²) in [5.41, 5.74) is 5.16. The summed E-state index contributed by atoms with van der Waals surface area (Å²) in [5, 5.41) is 12.0. The monoisotopic (exact) mass is 356 g/mol. The highest BCUT2D eigenvalue weighted by molar-refractivity contribution is 7.12. The van der Waals surface area contributed by atoms with Crippen LogP contribution in [0.4, 0.5) is 0 Å². The van der Waals surface area contributed by atoms with E-state index in [1.54, 1.807) is 17.4 Å². The fourth-order valence-electron chi connectivity index (χ4n) is 3.09. The van der Waals surface area contributed by atoms with Gasteiger partial charge in [0, 0.05) is 0 Å². The number of ketones is 1. The normalized spacial score (nSPS) is 11.6. The van der Waals surface area contributed by atoms with Gasteiger partial charge < -0.3 is 5.11 Å². The van der Waals surface area contributed by atoms with Gasteiger partial charge in [-0.25, -0.2) is 0 Å². The van der Waals surface area contributed by atoms with Crippen molar-refractivity contribution in [2.45, 2.75) is 53.9 Å². The molecular formula is C22H28O2S. The Balaban J connectivity index is 2.27. The van der Waals surface area contributed by atoms with E-state index in [1.807, 2.05) is 32.1 Å². The van der Waals surface area contributed by atoms with Crippen LogP contribution in [0, 0.1) is 19.8 Å². The van der Waals surface area contributed by atoms with E-state index >= 15 is 0 Å². The molecular weight excluding hydrogens is 328 g/mol. The molecule has 0 amide bonds. The molecule has 0 saturated heterocycles. The summed E-state index contributed by atoms with van der Waals surface area (Å²) in [5.74, 6) is 0.990. The predicted octanol–water partition coefficient (Wildman–Crippen LogP) is 6.12. The number of aryl methyl sites for hydroxylation is 2. The Bertz CT molecular complexity index is 758. The molecule has 1 aromatic heterocycles. The third-order valence-corrected chi connectivity index (χ3v) is 5.36. The molecule has 0 spiro atoms. The third-order valence-electron chi connectivity index (χ3n) is 4.27. The van der Waals surface area contributed by atoms with Crippen molar-refractivity contribution in [3.8, 4) is 5.75 Å². The number of benzene rings is 1. The zero-order valence-electron chi connectivity index (χ0n) is 15.8. The smallest absolute Gasteiger partial charge is 0.196 e. The van der Waals surface area contributed by atoms with Crippen molar-refractivity contribution < 1.29 is 9.90 Å². The molecule has 0 aliphatic heterocycles. The number of carbonyl (C=O) groups is 1. The lowest BCUT2D eigenvalue weighted by atomic mass is 9.97. The Hall–Kier alpha value is -1.87. The molecule has 0 unspecified atom stereocenters. The van der Waals surface area contributed by atoms with E-state index in [0.717, 1.165) is 40.8 Å². The first-order chi connectivity index (χ1) is 11.8. The van der Waals surface area contributed by atoms with Crippen LogP contribution < -0.4 is 0 Å². The number of thiophene rings is 1. The average Bonchev–Trinajstić information content (AvgIpc) is 2.92. The molecule has 2 nitrogen and oxygen atoms in total. The summed E-state index contributed by atoms with van der Waals surface area (Å²) in [6.45, 7) is 10.3. The van der Waals surface area contributed by atoms with E-state index in [-0.39, 0.29) is 5.78 Å². The zero-order valence-corrected chi connectivity index (χ0v) is 16.7. The molecule has 0 fully saturated rings. The van der Waals surface area contributed by atoms with E-state index in [4.69, 9.17) is 0 Å². The second kappa shape index (κ2) is 8.48. The number of hydrogen-bond donors (Lipinski definition) is 1. The van der Waals surface area contributed by atoms with Gasteiger partial charge in [-0.15, -0.1) is 11.3 Å². The molecule has 3 heteroatoms. The third kappa shape index (κ3) is 4.82. The summed E-state index contributed by atoms with van der Waals surface area (Å²) < 4.78 is 0. The first-order valence-corrected chi connectivity index (χ1v) is 9.83. The second-order valence-electron chi connectivity index (χ2n) is 7.12. The number of phenolic OH excluding ortho intramolecular Hbond substituents is 1. The van der Waals surface area contributed by atoms with Gasteiger partial charge in [-0.1, -0.05) is 33.3 Å². The van der Waals surface area contributed by atoms with E-state index in [0.29, 0.717) is 11.7 Å². The first-order valence-electron chi connectivity index (χ1n) is 8.95. The summed E-state index contributed by atoms with van der Waals surface area (Å²) in [4.78, 5) is 13.6. The molecule has 25 heavy (non-hydrogen) atoms. The topological polar surface area (TPSA) is 37.3 Å². The molecule has 2 aromatic rings. The van der Waals surface area contributed by atoms with Gasteiger partial charge in [-0.05, 0) is 84.0 Å². The lowest BCUT2D eigenvalue weighted by molar-refractivity contribution is 0.105. The van der Waals surface area contributed by atoms with Crippen LogP contribution in [-0.4, -0.2) is 10.9 Å². The SMILES string of the molecule is CCCc1c(CC(C)C)csc1C(=O)/C=C/c1cc(C)c(O)c(C)c1. The number of aromatic hydroxyl groups is 1. The van der Waals surface area contributed by atoms with Crippen LogP contribution >= 0.6 is 11.3 Å². The minimum Gasteiger partial charge on any atom is -0.507 e. The second-order valence-corrected chi connectivity index (χ2v) is 8.00. The molecule has 0 aliphatic rings. The fraction of sp³-hybridized carbons (Fsp3) is 0.409. The van der Waals surface area contributed by atoms with Gasteiger partial charge in [0.15, 0.2) is 5.78 Å². The van der Waals surface area contributed by atoms with Crippen molar-refractivity contribution in [2.75, 3.05) is 0 Å². The van der Waals surface area contributed by atoms with E-state index in [1.165, 1.54) is 11.1 Å². The van der Waals surface area contributed by atoms with E-state index in [2.05, 4.69) is 26.2 Å². The summed E-state index contributed by atoms with van der Waals surface area (Å²) in [6.07, 6.45) is 6.54. The molecule has 2 rings (SSSR count). The molecule has 134 valence electrons. The highest BCUT2D eigenvalue weighted by Gasteiger charge is 2.16. The maximum atomic E-state index is 12.7. The molecule has 0 saturated carbocycles. The van der Waals surface area contributed by atoms with Gasteiger partial charge in [0.2, 0.25) is 0 Å². The number of hydrogen-bond acceptors (Lipinski definition) is 3. The quantitative estimate of drug-likeness (QED) is 0.479. The van der Waals surface area contributed by atoms with Crippen LogP contribution in [0.2, 0.25) is 0 Å². The van der Waals surface area contributed by atoms with Crippen molar-refractivity contribution >= 4 is 23.2 Å². The maximum absolute atomic E-state index is 12.7. The van der Waals surface area contributed by atoms with E-state index in [9.17, 15) is 9.90 Å². The predicted molar refractivity (Wildman–Crippen MR) is 108 cm³/mol. The van der Waals surface area contributed by atoms with Gasteiger partial charge in [0.1, 0.15) is 5.75 Å². The minimum atomic E-state index is 0.0758. The van der Waals surface area contributed by atoms with Crippen molar-refractivity contribution in [3.63, 3.8) is 0 Å². The van der Waals surface area contributed by atoms with Crippen LogP contribution in [-0.2, 0) is 12.8 Å². The Morgan fingerprint density at radius 3 is 2.44 bits per heavy atom. The van der Waals surface area contributed by atoms with Crippen molar-refractivity contribution in [2.24, 2.45) is 5.92 Å². The maximum Gasteiger partial charge on any atom is 0.196 e. The summed E-state index contributed by atoms with van der Waals surface area (Å²) >= 11 is 1.57. The van der Waals surface area contributed by atoms with Gasteiger partial charge in [-0.3, -0.25) is 4.79 Å². The van der Waals surface area contributed by atoms with Crippen molar-refractivity contribution in [1.29, 1.82) is 0 Å². The Labute approximate surface area is 155 Å². The average molecular weight is 357 g/mol. The number of carbonyl (C=O) groups excluding carboxylic acids is 1. The molecule has 0 bridgehead atoms. The lowest BCUT2D eigenvalue weighted by Crippen LogP contribution is -2.01. The number of allylic oxidation sites excluding steroid dienone is 1. The van der Waals surface area contributed by atoms with Crippen LogP contribution in [0.15, 0.2) is 23.6 Å². The van der Waals surface area contributed by atoms with Crippen molar-refractivity contribution in [1.82, 2.24) is 0 Å². The highest BCUT2D eigenvalue weighted by atomic mass is 32.1. The summed E-state index contributed by atoms with van der Waals surface area (Å²) in [6, 6.07) is 3.80. The van der Waals surface area contributed by atoms with Gasteiger partial charge in [0.05, 0.1) is 4.88 Å². The molecule has 1 heterocycles. The Morgan fingerprint density at radius 1 is 1.24 bits per heavy atom. The van der Waals surface area contributed by atoms with Crippen LogP contribution in [0.3, 0.4) is 0 Å².